The fourth-order valence-electron chi connectivity index (χ4n) is 2.42. The highest BCUT2D eigenvalue weighted by Gasteiger charge is 2.33. The average Bonchev–Trinajstić information content (AvgIpc) is 2.69. The highest BCUT2D eigenvalue weighted by molar-refractivity contribution is 6.03. The largest absolute Gasteiger partial charge is 0.497 e. The Morgan fingerprint density at radius 3 is 3.11 bits per heavy atom. The summed E-state index contributed by atoms with van der Waals surface area (Å²) in [5.41, 5.74) is 2.35. The van der Waals surface area contributed by atoms with Gasteiger partial charge in [-0.05, 0) is 30.2 Å². The van der Waals surface area contributed by atoms with E-state index in [1.54, 1.807) is 13.2 Å². The van der Waals surface area contributed by atoms with Crippen molar-refractivity contribution in [1.29, 1.82) is 0 Å². The van der Waals surface area contributed by atoms with Crippen LogP contribution in [0, 0.1) is 0 Å². The van der Waals surface area contributed by atoms with E-state index in [2.05, 4.69) is 11.6 Å². The number of hydrogen-bond donors (Lipinski definition) is 0. The zero-order valence-corrected chi connectivity index (χ0v) is 10.2. The number of carbonyl (C=O) groups is 1. The number of methoxy groups -OCH3 is 1. The van der Waals surface area contributed by atoms with Gasteiger partial charge in [-0.1, -0.05) is 6.58 Å². The molecular weight excluding hydrogens is 228 g/mol. The molecule has 1 saturated heterocycles. The molecule has 2 heterocycles. The van der Waals surface area contributed by atoms with Crippen molar-refractivity contribution >= 4 is 17.8 Å². The molecule has 0 spiro atoms. The summed E-state index contributed by atoms with van der Waals surface area (Å²) in [6.07, 6.45) is 2.66. The second-order valence-electron chi connectivity index (χ2n) is 4.51. The fraction of sp³-hybridized carbons (Fsp3) is 0.286. The van der Waals surface area contributed by atoms with Crippen LogP contribution in [0.3, 0.4) is 0 Å². The molecule has 2 aliphatic rings. The number of fused-ring (bicyclic) bond motifs is 2. The van der Waals surface area contributed by atoms with Gasteiger partial charge >= 0.3 is 0 Å². The molecule has 1 aromatic carbocycles. The Morgan fingerprint density at radius 2 is 2.33 bits per heavy atom. The van der Waals surface area contributed by atoms with Gasteiger partial charge in [0.05, 0.1) is 24.4 Å². The lowest BCUT2D eigenvalue weighted by atomic mass is 10.1. The molecule has 0 bridgehead atoms. The SMILES string of the molecule is C=C1CCN2C(=O)c3cc(OC)ccc3N=CC12. The Labute approximate surface area is 106 Å². The molecule has 1 amide bonds. The van der Waals surface area contributed by atoms with Crippen LogP contribution >= 0.6 is 0 Å². The van der Waals surface area contributed by atoms with Gasteiger partial charge in [-0.15, -0.1) is 0 Å². The maximum Gasteiger partial charge on any atom is 0.256 e. The second kappa shape index (κ2) is 3.98. The Balaban J connectivity index is 2.10. The molecule has 0 saturated carbocycles. The van der Waals surface area contributed by atoms with E-state index in [1.165, 1.54) is 0 Å². The number of amides is 1. The van der Waals surface area contributed by atoms with E-state index in [4.69, 9.17) is 4.74 Å². The molecule has 1 unspecified atom stereocenters. The first-order valence-electron chi connectivity index (χ1n) is 5.91. The maximum atomic E-state index is 12.5. The molecule has 92 valence electrons. The number of benzene rings is 1. The summed E-state index contributed by atoms with van der Waals surface area (Å²) >= 11 is 0. The third-order valence-corrected chi connectivity index (χ3v) is 3.48. The van der Waals surface area contributed by atoms with E-state index in [0.717, 1.165) is 12.0 Å². The summed E-state index contributed by atoms with van der Waals surface area (Å²) in [4.78, 5) is 18.7. The van der Waals surface area contributed by atoms with Crippen molar-refractivity contribution in [3.8, 4) is 5.75 Å². The molecule has 18 heavy (non-hydrogen) atoms. The van der Waals surface area contributed by atoms with E-state index in [1.807, 2.05) is 23.2 Å². The van der Waals surface area contributed by atoms with Gasteiger partial charge in [0.15, 0.2) is 0 Å². The maximum absolute atomic E-state index is 12.5. The molecule has 4 nitrogen and oxygen atoms in total. The normalized spacial score (nSPS) is 21.6. The van der Waals surface area contributed by atoms with Crippen LogP contribution in [0.5, 0.6) is 5.75 Å². The number of nitrogens with zero attached hydrogens (tertiary/aromatic N) is 2. The molecule has 1 fully saturated rings. The van der Waals surface area contributed by atoms with Crippen molar-refractivity contribution < 1.29 is 9.53 Å². The minimum atomic E-state index is -0.0594. The van der Waals surface area contributed by atoms with Crippen LogP contribution in [0.4, 0.5) is 5.69 Å². The number of rotatable bonds is 1. The van der Waals surface area contributed by atoms with Crippen LogP contribution in [0.1, 0.15) is 16.8 Å². The van der Waals surface area contributed by atoms with Crippen molar-refractivity contribution in [2.45, 2.75) is 12.5 Å². The Bertz CT molecular complexity index is 563. The van der Waals surface area contributed by atoms with Gasteiger partial charge in [0.2, 0.25) is 0 Å². The van der Waals surface area contributed by atoms with Crippen molar-refractivity contribution in [3.05, 3.63) is 35.9 Å². The lowest BCUT2D eigenvalue weighted by Crippen LogP contribution is -2.35. The molecule has 1 atom stereocenters. The van der Waals surface area contributed by atoms with Gasteiger partial charge in [0.25, 0.3) is 5.91 Å². The van der Waals surface area contributed by atoms with Gasteiger partial charge in [0.1, 0.15) is 5.75 Å². The van der Waals surface area contributed by atoms with Gasteiger partial charge in [-0.2, -0.15) is 0 Å². The number of carbonyl (C=O) groups excluding carboxylic acids is 1. The topological polar surface area (TPSA) is 41.9 Å². The van der Waals surface area contributed by atoms with Crippen LogP contribution in [0.2, 0.25) is 0 Å². The zero-order chi connectivity index (χ0) is 12.7. The molecule has 3 rings (SSSR count). The minimum absolute atomic E-state index is 0.00468. The standard InChI is InChI=1S/C14H14N2O2/c1-9-5-6-16-13(9)8-15-12-4-3-10(18-2)7-11(12)14(16)17/h3-4,7-8,13H,1,5-6H2,2H3. The number of ether oxygens (including phenoxy) is 1. The predicted octanol–water partition coefficient (Wildman–Crippen LogP) is 2.18. The molecule has 0 aromatic heterocycles. The highest BCUT2D eigenvalue weighted by atomic mass is 16.5. The summed E-state index contributed by atoms with van der Waals surface area (Å²) < 4.78 is 5.16. The van der Waals surface area contributed by atoms with Crippen LogP contribution < -0.4 is 4.74 Å². The van der Waals surface area contributed by atoms with E-state index in [9.17, 15) is 4.79 Å². The van der Waals surface area contributed by atoms with Gasteiger partial charge in [0, 0.05) is 12.8 Å². The smallest absolute Gasteiger partial charge is 0.256 e. The van der Waals surface area contributed by atoms with Crippen LogP contribution in [-0.2, 0) is 0 Å². The molecule has 0 radical (unpaired) electrons. The van der Waals surface area contributed by atoms with E-state index in [-0.39, 0.29) is 11.9 Å². The van der Waals surface area contributed by atoms with Gasteiger partial charge in [-0.25, -0.2) is 0 Å². The molecule has 1 aromatic rings. The zero-order valence-electron chi connectivity index (χ0n) is 10.2. The third kappa shape index (κ3) is 1.53. The van der Waals surface area contributed by atoms with E-state index < -0.39 is 0 Å². The summed E-state index contributed by atoms with van der Waals surface area (Å²) in [6, 6.07) is 5.32. The monoisotopic (exact) mass is 242 g/mol. The first kappa shape index (κ1) is 11.0. The van der Waals surface area contributed by atoms with Crippen molar-refractivity contribution in [2.75, 3.05) is 13.7 Å². The summed E-state index contributed by atoms with van der Waals surface area (Å²) in [5, 5.41) is 0. The third-order valence-electron chi connectivity index (χ3n) is 3.48. The fourth-order valence-corrected chi connectivity index (χ4v) is 2.42. The lowest BCUT2D eigenvalue weighted by molar-refractivity contribution is 0.0780. The lowest BCUT2D eigenvalue weighted by Gasteiger charge is -2.20. The van der Waals surface area contributed by atoms with Crippen molar-refractivity contribution in [3.63, 3.8) is 0 Å². The Morgan fingerprint density at radius 1 is 1.50 bits per heavy atom. The van der Waals surface area contributed by atoms with E-state index in [0.29, 0.717) is 23.5 Å². The summed E-state index contributed by atoms with van der Waals surface area (Å²) in [6.45, 7) is 4.71. The number of aliphatic imine (C=N–C) groups is 1. The van der Waals surface area contributed by atoms with Crippen LogP contribution in [0.25, 0.3) is 0 Å². The minimum Gasteiger partial charge on any atom is -0.497 e. The van der Waals surface area contributed by atoms with Crippen LogP contribution in [-0.4, -0.2) is 36.7 Å². The van der Waals surface area contributed by atoms with Gasteiger partial charge in [-0.3, -0.25) is 9.79 Å². The molecule has 0 aliphatic carbocycles. The molecular formula is C14H14N2O2. The Kier molecular flexibility index (Phi) is 2.44. The predicted molar refractivity (Wildman–Crippen MR) is 69.7 cm³/mol. The number of hydrogen-bond acceptors (Lipinski definition) is 3. The Hall–Kier alpha value is -2.10. The summed E-state index contributed by atoms with van der Waals surface area (Å²) in [7, 11) is 1.59. The van der Waals surface area contributed by atoms with Crippen molar-refractivity contribution in [2.24, 2.45) is 4.99 Å². The first-order valence-corrected chi connectivity index (χ1v) is 5.91. The summed E-state index contributed by atoms with van der Waals surface area (Å²) in [5.74, 6) is 0.679. The molecule has 2 aliphatic heterocycles. The van der Waals surface area contributed by atoms with Crippen molar-refractivity contribution in [1.82, 2.24) is 4.90 Å². The highest BCUT2D eigenvalue weighted by Crippen LogP contribution is 2.32. The van der Waals surface area contributed by atoms with Gasteiger partial charge < -0.3 is 9.64 Å². The van der Waals surface area contributed by atoms with Crippen LogP contribution in [0.15, 0.2) is 35.3 Å². The second-order valence-corrected chi connectivity index (χ2v) is 4.51. The average molecular weight is 242 g/mol. The quantitative estimate of drug-likeness (QED) is 0.708. The molecule has 4 heteroatoms. The molecule has 0 N–H and O–H groups in total. The van der Waals surface area contributed by atoms with E-state index >= 15 is 0 Å². The first-order chi connectivity index (χ1) is 8.70.